The first-order chi connectivity index (χ1) is 11.6. The number of amides is 1. The highest BCUT2D eigenvalue weighted by Crippen LogP contribution is 2.27. The minimum atomic E-state index is -0.170. The van der Waals surface area contributed by atoms with Crippen molar-refractivity contribution in [3.63, 3.8) is 0 Å². The molecule has 2 aromatic carbocycles. The fourth-order valence-electron chi connectivity index (χ4n) is 2.42. The predicted octanol–water partition coefficient (Wildman–Crippen LogP) is 2.30. The largest absolute Gasteiger partial charge is 0.493 e. The van der Waals surface area contributed by atoms with Gasteiger partial charge in [0.1, 0.15) is 0 Å². The summed E-state index contributed by atoms with van der Waals surface area (Å²) < 4.78 is 10.5. The van der Waals surface area contributed by atoms with Gasteiger partial charge in [0, 0.05) is 25.0 Å². The summed E-state index contributed by atoms with van der Waals surface area (Å²) in [6.07, 6.45) is 0.776. The van der Waals surface area contributed by atoms with Crippen molar-refractivity contribution in [2.24, 2.45) is 0 Å². The maximum absolute atomic E-state index is 11.9. The van der Waals surface area contributed by atoms with Gasteiger partial charge in [-0.15, -0.1) is 0 Å². The number of nitrogens with two attached hydrogens (primary N) is 1. The first-order valence-corrected chi connectivity index (χ1v) is 7.65. The SMILES string of the molecule is CNC(=O)c1cc(N)ccc1NCCc1ccc(OC)c(OC)c1. The average molecular weight is 329 g/mol. The van der Waals surface area contributed by atoms with E-state index in [0.717, 1.165) is 17.7 Å². The summed E-state index contributed by atoms with van der Waals surface area (Å²) in [7, 11) is 4.82. The molecule has 0 aliphatic carbocycles. The van der Waals surface area contributed by atoms with E-state index >= 15 is 0 Å². The van der Waals surface area contributed by atoms with Gasteiger partial charge in [-0.25, -0.2) is 0 Å². The smallest absolute Gasteiger partial charge is 0.253 e. The zero-order valence-corrected chi connectivity index (χ0v) is 14.2. The van der Waals surface area contributed by atoms with E-state index in [0.29, 0.717) is 29.3 Å². The summed E-state index contributed by atoms with van der Waals surface area (Å²) in [6.45, 7) is 0.670. The van der Waals surface area contributed by atoms with Gasteiger partial charge in [-0.05, 0) is 42.3 Å². The Bertz CT molecular complexity index is 717. The fraction of sp³-hybridized carbons (Fsp3) is 0.278. The summed E-state index contributed by atoms with van der Waals surface area (Å²) >= 11 is 0. The summed E-state index contributed by atoms with van der Waals surface area (Å²) in [5.41, 5.74) is 8.71. The number of hydrogen-bond acceptors (Lipinski definition) is 5. The van der Waals surface area contributed by atoms with Crippen LogP contribution in [-0.4, -0.2) is 33.7 Å². The highest BCUT2D eigenvalue weighted by atomic mass is 16.5. The van der Waals surface area contributed by atoms with Crippen LogP contribution < -0.4 is 25.8 Å². The van der Waals surface area contributed by atoms with Crippen molar-refractivity contribution in [1.82, 2.24) is 5.32 Å². The number of hydrogen-bond donors (Lipinski definition) is 3. The minimum Gasteiger partial charge on any atom is -0.493 e. The number of anilines is 2. The van der Waals surface area contributed by atoms with E-state index < -0.39 is 0 Å². The molecule has 2 aromatic rings. The van der Waals surface area contributed by atoms with E-state index in [-0.39, 0.29) is 5.91 Å². The van der Waals surface area contributed by atoms with Crippen molar-refractivity contribution >= 4 is 17.3 Å². The lowest BCUT2D eigenvalue weighted by Crippen LogP contribution is -2.20. The van der Waals surface area contributed by atoms with E-state index in [1.54, 1.807) is 33.4 Å². The van der Waals surface area contributed by atoms with Gasteiger partial charge < -0.3 is 25.8 Å². The molecule has 24 heavy (non-hydrogen) atoms. The van der Waals surface area contributed by atoms with E-state index in [1.165, 1.54) is 0 Å². The number of methoxy groups -OCH3 is 2. The lowest BCUT2D eigenvalue weighted by molar-refractivity contribution is 0.0964. The van der Waals surface area contributed by atoms with Crippen LogP contribution in [0.25, 0.3) is 0 Å². The molecule has 0 heterocycles. The van der Waals surface area contributed by atoms with Gasteiger partial charge in [0.15, 0.2) is 11.5 Å². The maximum atomic E-state index is 11.9. The molecular formula is C18H23N3O3. The number of carbonyl (C=O) groups is 1. The Balaban J connectivity index is 2.06. The van der Waals surface area contributed by atoms with Crippen LogP contribution in [0.3, 0.4) is 0 Å². The Morgan fingerprint density at radius 2 is 1.83 bits per heavy atom. The van der Waals surface area contributed by atoms with Gasteiger partial charge >= 0.3 is 0 Å². The van der Waals surface area contributed by atoms with Crippen molar-refractivity contribution in [1.29, 1.82) is 0 Å². The van der Waals surface area contributed by atoms with E-state index in [9.17, 15) is 4.79 Å². The number of nitrogen functional groups attached to an aromatic ring is 1. The van der Waals surface area contributed by atoms with Crippen molar-refractivity contribution in [3.05, 3.63) is 47.5 Å². The Morgan fingerprint density at radius 1 is 1.08 bits per heavy atom. The van der Waals surface area contributed by atoms with Gasteiger partial charge in [0.05, 0.1) is 19.8 Å². The predicted molar refractivity (Wildman–Crippen MR) is 96.0 cm³/mol. The Kier molecular flexibility index (Phi) is 5.89. The van der Waals surface area contributed by atoms with Gasteiger partial charge in [0.2, 0.25) is 0 Å². The maximum Gasteiger partial charge on any atom is 0.253 e. The lowest BCUT2D eigenvalue weighted by atomic mass is 10.1. The molecule has 6 nitrogen and oxygen atoms in total. The number of nitrogens with one attached hydrogen (secondary N) is 2. The topological polar surface area (TPSA) is 85.6 Å². The zero-order chi connectivity index (χ0) is 17.5. The van der Waals surface area contributed by atoms with Crippen LogP contribution in [0.1, 0.15) is 15.9 Å². The Labute approximate surface area is 142 Å². The van der Waals surface area contributed by atoms with Crippen LogP contribution >= 0.6 is 0 Å². The van der Waals surface area contributed by atoms with Crippen molar-refractivity contribution in [2.45, 2.75) is 6.42 Å². The summed E-state index contributed by atoms with van der Waals surface area (Å²) in [5.74, 6) is 1.24. The minimum absolute atomic E-state index is 0.170. The molecule has 0 saturated carbocycles. The van der Waals surface area contributed by atoms with E-state index in [1.807, 2.05) is 24.3 Å². The Morgan fingerprint density at radius 3 is 2.50 bits per heavy atom. The molecule has 0 unspecified atom stereocenters. The third-order valence-corrected chi connectivity index (χ3v) is 3.69. The normalized spacial score (nSPS) is 10.1. The van der Waals surface area contributed by atoms with Crippen LogP contribution in [0.4, 0.5) is 11.4 Å². The molecule has 4 N–H and O–H groups in total. The van der Waals surface area contributed by atoms with Crippen molar-refractivity contribution < 1.29 is 14.3 Å². The van der Waals surface area contributed by atoms with Crippen LogP contribution in [0.15, 0.2) is 36.4 Å². The molecule has 0 aliphatic heterocycles. The first-order valence-electron chi connectivity index (χ1n) is 7.65. The lowest BCUT2D eigenvalue weighted by Gasteiger charge is -2.13. The van der Waals surface area contributed by atoms with Crippen molar-refractivity contribution in [3.8, 4) is 11.5 Å². The molecule has 0 radical (unpaired) electrons. The van der Waals surface area contributed by atoms with E-state index in [2.05, 4.69) is 10.6 Å². The second-order valence-electron chi connectivity index (χ2n) is 5.25. The fourth-order valence-corrected chi connectivity index (χ4v) is 2.42. The zero-order valence-electron chi connectivity index (χ0n) is 14.2. The quantitative estimate of drug-likeness (QED) is 0.679. The molecule has 6 heteroatoms. The number of ether oxygens (including phenoxy) is 2. The summed E-state index contributed by atoms with van der Waals surface area (Å²) in [5, 5.41) is 5.90. The monoisotopic (exact) mass is 329 g/mol. The van der Waals surface area contributed by atoms with Gasteiger partial charge in [0.25, 0.3) is 5.91 Å². The summed E-state index contributed by atoms with van der Waals surface area (Å²) in [6, 6.07) is 11.1. The van der Waals surface area contributed by atoms with Crippen LogP contribution in [-0.2, 0) is 6.42 Å². The van der Waals surface area contributed by atoms with Gasteiger partial charge in [-0.2, -0.15) is 0 Å². The number of rotatable bonds is 7. The molecule has 0 bridgehead atoms. The van der Waals surface area contributed by atoms with E-state index in [4.69, 9.17) is 15.2 Å². The second-order valence-corrected chi connectivity index (χ2v) is 5.25. The molecule has 0 atom stereocenters. The number of benzene rings is 2. The molecule has 1 amide bonds. The van der Waals surface area contributed by atoms with Crippen LogP contribution in [0, 0.1) is 0 Å². The molecule has 2 rings (SSSR count). The molecule has 0 fully saturated rings. The number of carbonyl (C=O) groups excluding carboxylic acids is 1. The van der Waals surface area contributed by atoms with Crippen LogP contribution in [0.5, 0.6) is 11.5 Å². The Hall–Kier alpha value is -2.89. The highest BCUT2D eigenvalue weighted by molar-refractivity contribution is 6.00. The highest BCUT2D eigenvalue weighted by Gasteiger charge is 2.10. The molecule has 0 spiro atoms. The molecule has 128 valence electrons. The van der Waals surface area contributed by atoms with Gasteiger partial charge in [-0.1, -0.05) is 6.07 Å². The van der Waals surface area contributed by atoms with Crippen molar-refractivity contribution in [2.75, 3.05) is 38.9 Å². The first kappa shape index (κ1) is 17.5. The summed E-state index contributed by atoms with van der Waals surface area (Å²) in [4.78, 5) is 11.9. The van der Waals surface area contributed by atoms with Crippen LogP contribution in [0.2, 0.25) is 0 Å². The molecule has 0 saturated heterocycles. The third kappa shape index (κ3) is 4.10. The molecule has 0 aromatic heterocycles. The van der Waals surface area contributed by atoms with Gasteiger partial charge in [-0.3, -0.25) is 4.79 Å². The average Bonchev–Trinajstić information content (AvgIpc) is 2.61. The third-order valence-electron chi connectivity index (χ3n) is 3.69. The standard InChI is InChI=1S/C18H23N3O3/c1-20-18(22)14-11-13(19)5-6-15(14)21-9-8-12-4-7-16(23-2)17(10-12)24-3/h4-7,10-11,21H,8-9,19H2,1-3H3,(H,20,22). The second kappa shape index (κ2) is 8.10. The molecule has 0 aliphatic rings. The molecular weight excluding hydrogens is 306 g/mol.